The number of hydrogen-bond acceptors (Lipinski definition) is 3. The summed E-state index contributed by atoms with van der Waals surface area (Å²) in [4.78, 5) is 12.7. The Balaban J connectivity index is 1.93. The number of hydrogen-bond donors (Lipinski definition) is 1. The summed E-state index contributed by atoms with van der Waals surface area (Å²) >= 11 is 3.33. The second-order valence-electron chi connectivity index (χ2n) is 6.36. The fourth-order valence-electron chi connectivity index (χ4n) is 2.65. The van der Waals surface area contributed by atoms with Crippen molar-refractivity contribution in [1.82, 2.24) is 0 Å². The van der Waals surface area contributed by atoms with E-state index in [4.69, 9.17) is 0 Å². The Morgan fingerprint density at radius 1 is 1.03 bits per heavy atom. The van der Waals surface area contributed by atoms with Gasteiger partial charge in [-0.25, -0.2) is 12.8 Å². The summed E-state index contributed by atoms with van der Waals surface area (Å²) in [5.41, 5.74) is 1.64. The summed E-state index contributed by atoms with van der Waals surface area (Å²) in [5.74, 6) is -0.979. The second kappa shape index (κ2) is 8.75. The van der Waals surface area contributed by atoms with Crippen molar-refractivity contribution in [1.29, 1.82) is 0 Å². The van der Waals surface area contributed by atoms with Gasteiger partial charge in [0.1, 0.15) is 12.4 Å². The van der Waals surface area contributed by atoms with Gasteiger partial charge in [0.15, 0.2) is 0 Å². The topological polar surface area (TPSA) is 66.5 Å². The lowest BCUT2D eigenvalue weighted by molar-refractivity contribution is -0.114. The van der Waals surface area contributed by atoms with Crippen LogP contribution in [0.1, 0.15) is 5.56 Å². The maximum Gasteiger partial charge on any atom is 0.264 e. The summed E-state index contributed by atoms with van der Waals surface area (Å²) in [5, 5.41) is 2.59. The number of nitrogens with one attached hydrogen (secondary N) is 1. The van der Waals surface area contributed by atoms with Crippen molar-refractivity contribution in [3.8, 4) is 0 Å². The molecule has 0 aliphatic carbocycles. The lowest BCUT2D eigenvalue weighted by Crippen LogP contribution is -2.38. The number of nitrogens with zero attached hydrogens (tertiary/aromatic N) is 1. The predicted molar refractivity (Wildman–Crippen MR) is 115 cm³/mol. The molecule has 0 radical (unpaired) electrons. The lowest BCUT2D eigenvalue weighted by atomic mass is 10.2. The van der Waals surface area contributed by atoms with E-state index in [0.717, 1.165) is 9.87 Å². The quantitative estimate of drug-likeness (QED) is 0.558. The molecule has 0 heterocycles. The number of aryl methyl sites for hydroxylation is 1. The van der Waals surface area contributed by atoms with E-state index in [-0.39, 0.29) is 4.90 Å². The third-order valence-corrected chi connectivity index (χ3v) is 6.40. The minimum absolute atomic E-state index is 0.0812. The minimum atomic E-state index is -3.99. The fourth-order valence-corrected chi connectivity index (χ4v) is 4.45. The van der Waals surface area contributed by atoms with Gasteiger partial charge in [-0.15, -0.1) is 0 Å². The molecule has 0 aliphatic rings. The maximum atomic E-state index is 13.3. The molecule has 3 aromatic carbocycles. The van der Waals surface area contributed by atoms with Crippen molar-refractivity contribution in [3.05, 3.63) is 88.6 Å². The number of carbonyl (C=O) groups excluding carboxylic acids is 1. The number of sulfonamides is 1. The first-order valence-electron chi connectivity index (χ1n) is 8.66. The van der Waals surface area contributed by atoms with Crippen LogP contribution in [0, 0.1) is 12.7 Å². The highest BCUT2D eigenvalue weighted by molar-refractivity contribution is 9.10. The zero-order chi connectivity index (χ0) is 21.0. The summed E-state index contributed by atoms with van der Waals surface area (Å²) < 4.78 is 41.3. The lowest BCUT2D eigenvalue weighted by Gasteiger charge is -2.24. The Labute approximate surface area is 177 Å². The van der Waals surface area contributed by atoms with E-state index in [1.54, 1.807) is 36.4 Å². The molecule has 0 atom stereocenters. The van der Waals surface area contributed by atoms with Crippen molar-refractivity contribution in [2.75, 3.05) is 16.2 Å². The highest BCUT2D eigenvalue weighted by atomic mass is 79.9. The molecule has 150 valence electrons. The number of rotatable bonds is 6. The normalized spacial score (nSPS) is 11.1. The summed E-state index contributed by atoms with van der Waals surface area (Å²) in [6.45, 7) is 1.42. The summed E-state index contributed by atoms with van der Waals surface area (Å²) in [6, 6.07) is 18.3. The first-order valence-corrected chi connectivity index (χ1v) is 10.9. The van der Waals surface area contributed by atoms with E-state index in [1.807, 2.05) is 6.92 Å². The Morgan fingerprint density at radius 3 is 2.31 bits per heavy atom. The minimum Gasteiger partial charge on any atom is -0.325 e. The van der Waals surface area contributed by atoms with E-state index in [1.165, 1.54) is 36.4 Å². The molecular formula is C21H18BrFN2O3S. The average Bonchev–Trinajstić information content (AvgIpc) is 2.68. The SMILES string of the molecule is Cc1ccc(S(=O)(=O)N(CC(=O)Nc2ccc(F)cc2)c2cccc(Br)c2)cc1. The van der Waals surface area contributed by atoms with Crippen LogP contribution < -0.4 is 9.62 Å². The molecule has 3 rings (SSSR count). The van der Waals surface area contributed by atoms with Crippen LogP contribution in [0.3, 0.4) is 0 Å². The molecule has 1 amide bonds. The number of benzene rings is 3. The standard InChI is InChI=1S/C21H18BrFN2O3S/c1-15-5-11-20(12-6-15)29(27,28)25(19-4-2-3-16(22)13-19)14-21(26)24-18-9-7-17(23)8-10-18/h2-13H,14H2,1H3,(H,24,26). The van der Waals surface area contributed by atoms with Crippen LogP contribution in [0.25, 0.3) is 0 Å². The van der Waals surface area contributed by atoms with Gasteiger partial charge in [0, 0.05) is 10.2 Å². The molecule has 8 heteroatoms. The number of amides is 1. The van der Waals surface area contributed by atoms with Gasteiger partial charge < -0.3 is 5.32 Å². The maximum absolute atomic E-state index is 13.3. The highest BCUT2D eigenvalue weighted by Crippen LogP contribution is 2.26. The third-order valence-electron chi connectivity index (χ3n) is 4.12. The molecule has 0 aromatic heterocycles. The zero-order valence-corrected chi connectivity index (χ0v) is 17.9. The molecule has 1 N–H and O–H groups in total. The summed E-state index contributed by atoms with van der Waals surface area (Å²) in [6.07, 6.45) is 0. The third kappa shape index (κ3) is 5.21. The van der Waals surface area contributed by atoms with Gasteiger partial charge in [-0.1, -0.05) is 39.7 Å². The molecular weight excluding hydrogens is 459 g/mol. The fraction of sp³-hybridized carbons (Fsp3) is 0.0952. The van der Waals surface area contributed by atoms with Crippen LogP contribution in [0.15, 0.2) is 82.2 Å². The van der Waals surface area contributed by atoms with Crippen molar-refractivity contribution >= 4 is 43.2 Å². The van der Waals surface area contributed by atoms with Crippen molar-refractivity contribution in [3.63, 3.8) is 0 Å². The number of halogens is 2. The second-order valence-corrected chi connectivity index (χ2v) is 9.14. The van der Waals surface area contributed by atoms with Crippen LogP contribution in [0.2, 0.25) is 0 Å². The van der Waals surface area contributed by atoms with Gasteiger partial charge in [-0.2, -0.15) is 0 Å². The Morgan fingerprint density at radius 2 is 1.69 bits per heavy atom. The Bertz CT molecular complexity index is 1120. The highest BCUT2D eigenvalue weighted by Gasteiger charge is 2.27. The van der Waals surface area contributed by atoms with E-state index in [2.05, 4.69) is 21.2 Å². The van der Waals surface area contributed by atoms with Gasteiger partial charge in [0.05, 0.1) is 10.6 Å². The average molecular weight is 477 g/mol. The molecule has 0 spiro atoms. The monoisotopic (exact) mass is 476 g/mol. The van der Waals surface area contributed by atoms with Crippen molar-refractivity contribution in [2.24, 2.45) is 0 Å². The van der Waals surface area contributed by atoms with Crippen LogP contribution in [-0.2, 0) is 14.8 Å². The summed E-state index contributed by atoms with van der Waals surface area (Å²) in [7, 11) is -3.99. The Hall–Kier alpha value is -2.71. The van der Waals surface area contributed by atoms with Gasteiger partial charge in [-0.05, 0) is 61.5 Å². The molecule has 3 aromatic rings. The molecule has 0 unspecified atom stereocenters. The van der Waals surface area contributed by atoms with Crippen molar-refractivity contribution < 1.29 is 17.6 Å². The molecule has 5 nitrogen and oxygen atoms in total. The molecule has 0 saturated heterocycles. The molecule has 29 heavy (non-hydrogen) atoms. The van der Waals surface area contributed by atoms with E-state index >= 15 is 0 Å². The Kier molecular flexibility index (Phi) is 6.34. The largest absolute Gasteiger partial charge is 0.325 e. The van der Waals surface area contributed by atoms with E-state index in [0.29, 0.717) is 15.8 Å². The molecule has 0 bridgehead atoms. The van der Waals surface area contributed by atoms with Gasteiger partial charge in [0.2, 0.25) is 5.91 Å². The smallest absolute Gasteiger partial charge is 0.264 e. The van der Waals surface area contributed by atoms with Gasteiger partial charge in [0.25, 0.3) is 10.0 Å². The zero-order valence-electron chi connectivity index (χ0n) is 15.5. The number of anilines is 2. The van der Waals surface area contributed by atoms with Crippen molar-refractivity contribution in [2.45, 2.75) is 11.8 Å². The van der Waals surface area contributed by atoms with Crippen LogP contribution in [0.4, 0.5) is 15.8 Å². The molecule has 0 aliphatic heterocycles. The van der Waals surface area contributed by atoms with E-state index < -0.39 is 28.3 Å². The van der Waals surface area contributed by atoms with Gasteiger partial charge >= 0.3 is 0 Å². The molecule has 0 saturated carbocycles. The first kappa shape index (κ1) is 21.0. The molecule has 0 fully saturated rings. The van der Waals surface area contributed by atoms with Crippen LogP contribution >= 0.6 is 15.9 Å². The predicted octanol–water partition coefficient (Wildman–Crippen LogP) is 4.73. The van der Waals surface area contributed by atoms with Crippen LogP contribution in [-0.4, -0.2) is 20.9 Å². The number of carbonyl (C=O) groups is 1. The van der Waals surface area contributed by atoms with E-state index in [9.17, 15) is 17.6 Å². The first-order chi connectivity index (χ1) is 13.8. The van der Waals surface area contributed by atoms with Gasteiger partial charge in [-0.3, -0.25) is 9.10 Å². The van der Waals surface area contributed by atoms with Crippen LogP contribution in [0.5, 0.6) is 0 Å².